The van der Waals surface area contributed by atoms with E-state index in [1.54, 1.807) is 36.4 Å². The zero-order valence-corrected chi connectivity index (χ0v) is 16.5. The van der Waals surface area contributed by atoms with Crippen LogP contribution < -0.4 is 10.5 Å². The molecular weight excluding hydrogens is 477 g/mol. The molecule has 26 heavy (non-hydrogen) atoms. The second-order valence-electron chi connectivity index (χ2n) is 6.19. The van der Waals surface area contributed by atoms with Crippen molar-refractivity contribution in [1.29, 1.82) is 0 Å². The summed E-state index contributed by atoms with van der Waals surface area (Å²) in [4.78, 5) is 0. The molecule has 0 aromatic heterocycles. The monoisotopic (exact) mass is 494 g/mol. The number of hydrogen-bond acceptors (Lipinski definition) is 4. The molecule has 0 bridgehead atoms. The van der Waals surface area contributed by atoms with Crippen LogP contribution >= 0.6 is 22.6 Å². The predicted octanol–water partition coefficient (Wildman–Crippen LogP) is 2.50. The van der Waals surface area contributed by atoms with Gasteiger partial charge in [-0.15, -0.1) is 0 Å². The summed E-state index contributed by atoms with van der Waals surface area (Å²) in [6.07, 6.45) is -2.38. The Morgan fingerprint density at radius 3 is 2.42 bits per heavy atom. The van der Waals surface area contributed by atoms with Gasteiger partial charge in [-0.1, -0.05) is 30.3 Å². The Kier molecular flexibility index (Phi) is 5.01. The van der Waals surface area contributed by atoms with Gasteiger partial charge in [-0.05, 0) is 52.8 Å². The highest BCUT2D eigenvalue weighted by Gasteiger charge is 2.85. The Morgan fingerprint density at radius 1 is 1.23 bits per heavy atom. The van der Waals surface area contributed by atoms with Gasteiger partial charge in [-0.25, -0.2) is 22.3 Å². The molecule has 1 saturated carbocycles. The Balaban J connectivity index is 2.20. The minimum Gasteiger partial charge on any atom is -0.396 e. The lowest BCUT2D eigenvalue weighted by molar-refractivity contribution is 0.274. The fourth-order valence-corrected chi connectivity index (χ4v) is 5.55. The molecule has 1 aliphatic carbocycles. The van der Waals surface area contributed by atoms with Crippen molar-refractivity contribution in [1.82, 2.24) is 0 Å². The molecule has 3 rings (SSSR count). The maximum absolute atomic E-state index is 15.3. The largest absolute Gasteiger partial charge is 0.396 e. The molecule has 9 heteroatoms. The number of benzene rings is 2. The third-order valence-corrected chi connectivity index (χ3v) is 7.28. The third kappa shape index (κ3) is 2.72. The summed E-state index contributed by atoms with van der Waals surface area (Å²) in [5.41, 5.74) is -1.52. The van der Waals surface area contributed by atoms with Gasteiger partial charge in [-0.2, -0.15) is 0 Å². The Labute approximate surface area is 163 Å². The average molecular weight is 494 g/mol. The van der Waals surface area contributed by atoms with Gasteiger partial charge in [0.2, 0.25) is 10.0 Å². The molecule has 0 saturated heterocycles. The lowest BCUT2D eigenvalue weighted by Crippen LogP contribution is -2.42. The molecule has 4 N–H and O–H groups in total. The van der Waals surface area contributed by atoms with Crippen LogP contribution in [0.5, 0.6) is 0 Å². The second kappa shape index (κ2) is 6.70. The van der Waals surface area contributed by atoms with E-state index in [0.29, 0.717) is 9.13 Å². The van der Waals surface area contributed by atoms with E-state index < -0.39 is 45.3 Å². The Hall–Kier alpha value is -1.30. The molecule has 0 aliphatic heterocycles. The van der Waals surface area contributed by atoms with Crippen LogP contribution in [-0.2, 0) is 15.6 Å². The number of primary sulfonamides is 1. The quantitative estimate of drug-likeness (QED) is 0.539. The van der Waals surface area contributed by atoms with Crippen molar-refractivity contribution in [2.75, 3.05) is 11.9 Å². The first-order valence-corrected chi connectivity index (χ1v) is 10.4. The summed E-state index contributed by atoms with van der Waals surface area (Å²) >= 11 is 1.93. The predicted molar refractivity (Wildman–Crippen MR) is 103 cm³/mol. The van der Waals surface area contributed by atoms with Crippen molar-refractivity contribution in [3.05, 3.63) is 63.5 Å². The molecule has 0 spiro atoms. The highest BCUT2D eigenvalue weighted by atomic mass is 127. The van der Waals surface area contributed by atoms with Crippen LogP contribution in [0.1, 0.15) is 12.0 Å². The zero-order valence-electron chi connectivity index (χ0n) is 13.5. The lowest BCUT2D eigenvalue weighted by atomic mass is 10.00. The number of anilines is 1. The second-order valence-corrected chi connectivity index (χ2v) is 9.26. The molecule has 0 amide bonds. The Bertz CT molecular complexity index is 929. The topological polar surface area (TPSA) is 92.4 Å². The van der Waals surface area contributed by atoms with Crippen LogP contribution in [0.4, 0.5) is 14.5 Å². The lowest BCUT2D eigenvalue weighted by Gasteiger charge is -2.26. The van der Waals surface area contributed by atoms with Crippen LogP contribution in [0.3, 0.4) is 0 Å². The normalized spacial score (nSPS) is 28.0. The number of halogens is 3. The molecule has 0 radical (unpaired) electrons. The number of nitrogens with two attached hydrogens (primary N) is 1. The minimum atomic E-state index is -4.42. The molecule has 3 atom stereocenters. The molecule has 140 valence electrons. The van der Waals surface area contributed by atoms with Gasteiger partial charge in [0, 0.05) is 10.2 Å². The number of hydrogen-bond donors (Lipinski definition) is 3. The summed E-state index contributed by atoms with van der Waals surface area (Å²) in [6.45, 7) is -0.581. The van der Waals surface area contributed by atoms with E-state index in [1.807, 2.05) is 22.6 Å². The fraction of sp³-hybridized carbons (Fsp3) is 0.294. The first-order chi connectivity index (χ1) is 12.2. The summed E-state index contributed by atoms with van der Waals surface area (Å²) in [5.74, 6) is -0.640. The van der Waals surface area contributed by atoms with Crippen LogP contribution in [0, 0.1) is 9.39 Å². The smallest absolute Gasteiger partial charge is 0.220 e. The van der Waals surface area contributed by atoms with Crippen molar-refractivity contribution in [2.45, 2.75) is 22.9 Å². The summed E-state index contributed by atoms with van der Waals surface area (Å²) in [7, 11) is -4.42. The summed E-state index contributed by atoms with van der Waals surface area (Å²) < 4.78 is 52.8. The number of sulfonamides is 1. The number of aliphatic hydroxyl groups excluding tert-OH is 1. The van der Waals surface area contributed by atoms with Crippen LogP contribution in [0.2, 0.25) is 0 Å². The van der Waals surface area contributed by atoms with E-state index in [4.69, 9.17) is 5.14 Å². The van der Waals surface area contributed by atoms with Gasteiger partial charge in [0.1, 0.15) is 11.4 Å². The molecule has 2 aromatic carbocycles. The number of aliphatic hydroxyl groups is 1. The van der Waals surface area contributed by atoms with Crippen molar-refractivity contribution in [3.8, 4) is 0 Å². The first-order valence-electron chi connectivity index (χ1n) is 7.77. The van der Waals surface area contributed by atoms with E-state index in [1.165, 1.54) is 12.1 Å². The van der Waals surface area contributed by atoms with Crippen LogP contribution in [-0.4, -0.2) is 31.0 Å². The number of alkyl halides is 1. The van der Waals surface area contributed by atoms with Gasteiger partial charge in [0.15, 0.2) is 10.9 Å². The molecular formula is C17H17F2IN2O3S. The van der Waals surface area contributed by atoms with Gasteiger partial charge >= 0.3 is 0 Å². The first kappa shape index (κ1) is 19.5. The number of rotatable bonds is 6. The van der Waals surface area contributed by atoms with Crippen LogP contribution in [0.15, 0.2) is 48.5 Å². The van der Waals surface area contributed by atoms with Gasteiger partial charge in [0.25, 0.3) is 0 Å². The van der Waals surface area contributed by atoms with Crippen molar-refractivity contribution < 1.29 is 22.3 Å². The highest BCUT2D eigenvalue weighted by Crippen LogP contribution is 2.65. The molecule has 1 fully saturated rings. The van der Waals surface area contributed by atoms with Crippen LogP contribution in [0.25, 0.3) is 0 Å². The molecule has 2 aromatic rings. The molecule has 3 unspecified atom stereocenters. The molecule has 0 heterocycles. The van der Waals surface area contributed by atoms with E-state index in [9.17, 15) is 17.9 Å². The van der Waals surface area contributed by atoms with Crippen molar-refractivity contribution in [2.24, 2.45) is 5.14 Å². The van der Waals surface area contributed by atoms with E-state index in [-0.39, 0.29) is 5.69 Å². The molecule has 1 aliphatic rings. The Morgan fingerprint density at radius 2 is 1.88 bits per heavy atom. The SMILES string of the molecule is NS(=O)(=O)C1(CCO)C(F)C1(Nc1ccc(I)cc1F)c1ccccc1. The maximum Gasteiger partial charge on any atom is 0.220 e. The van der Waals surface area contributed by atoms with Gasteiger partial charge < -0.3 is 10.4 Å². The van der Waals surface area contributed by atoms with Gasteiger partial charge in [-0.3, -0.25) is 0 Å². The minimum absolute atomic E-state index is 0.0413. The highest BCUT2D eigenvalue weighted by molar-refractivity contribution is 14.1. The van der Waals surface area contributed by atoms with Gasteiger partial charge in [0.05, 0.1) is 5.69 Å². The van der Waals surface area contributed by atoms with E-state index in [2.05, 4.69) is 5.32 Å². The maximum atomic E-state index is 15.3. The van der Waals surface area contributed by atoms with E-state index >= 15 is 4.39 Å². The summed E-state index contributed by atoms with van der Waals surface area (Å²) in [6, 6.07) is 12.3. The summed E-state index contributed by atoms with van der Waals surface area (Å²) in [5, 5.41) is 17.5. The third-order valence-electron chi connectivity index (χ3n) is 4.86. The van der Waals surface area contributed by atoms with E-state index in [0.717, 1.165) is 0 Å². The molecule has 5 nitrogen and oxygen atoms in total. The average Bonchev–Trinajstić information content (AvgIpc) is 3.11. The van der Waals surface area contributed by atoms with Crippen molar-refractivity contribution >= 4 is 38.3 Å². The number of nitrogens with one attached hydrogen (secondary N) is 1. The standard InChI is InChI=1S/C17H17F2IN2O3S/c18-13-10-12(20)6-7-14(13)22-17(11-4-2-1-3-5-11)15(19)16(17,8-9-23)26(21,24)25/h1-7,10,15,22-23H,8-9H2,(H2,21,24,25). The fourth-order valence-electron chi connectivity index (χ4n) is 3.60. The van der Waals surface area contributed by atoms with Crippen molar-refractivity contribution in [3.63, 3.8) is 0 Å². The zero-order chi connectivity index (χ0) is 19.2.